The first-order valence-electron chi connectivity index (χ1n) is 5.85. The van der Waals surface area contributed by atoms with E-state index in [0.717, 1.165) is 9.21 Å². The monoisotopic (exact) mass is 308 g/mol. The highest BCUT2D eigenvalue weighted by Crippen LogP contribution is 2.23. The van der Waals surface area contributed by atoms with Gasteiger partial charge in [0, 0.05) is 17.1 Å². The highest BCUT2D eigenvalue weighted by molar-refractivity contribution is 7.16. The van der Waals surface area contributed by atoms with Crippen molar-refractivity contribution >= 4 is 28.6 Å². The molecule has 0 atom stereocenters. The summed E-state index contributed by atoms with van der Waals surface area (Å²) in [5.41, 5.74) is 1.07. The van der Waals surface area contributed by atoms with Crippen molar-refractivity contribution in [2.75, 3.05) is 5.32 Å². The Labute approximate surface area is 123 Å². The molecule has 0 aliphatic heterocycles. The molecule has 20 heavy (non-hydrogen) atoms. The Hall–Kier alpha value is -1.92. The molecule has 0 unspecified atom stereocenters. The van der Waals surface area contributed by atoms with Crippen molar-refractivity contribution in [2.24, 2.45) is 0 Å². The minimum atomic E-state index is -0.357. The molecule has 0 saturated carbocycles. The van der Waals surface area contributed by atoms with Crippen LogP contribution in [0.4, 0.5) is 10.1 Å². The van der Waals surface area contributed by atoms with Gasteiger partial charge in [0.15, 0.2) is 5.82 Å². The van der Waals surface area contributed by atoms with Gasteiger partial charge in [0.1, 0.15) is 18.3 Å². The second kappa shape index (κ2) is 5.60. The Kier molecular flexibility index (Phi) is 3.66. The van der Waals surface area contributed by atoms with Crippen LogP contribution >= 0.6 is 22.9 Å². The molecule has 3 rings (SSSR count). The Morgan fingerprint density at radius 3 is 2.85 bits per heavy atom. The van der Waals surface area contributed by atoms with Crippen LogP contribution in [0, 0.1) is 5.82 Å². The van der Waals surface area contributed by atoms with Crippen molar-refractivity contribution in [2.45, 2.75) is 6.54 Å². The SMILES string of the molecule is Fc1cc(NCc2ccc(Cl)s2)ccc1-n1cncn1. The van der Waals surface area contributed by atoms with E-state index in [2.05, 4.69) is 15.4 Å². The number of thiophene rings is 1. The normalized spacial score (nSPS) is 10.7. The van der Waals surface area contributed by atoms with Crippen LogP contribution in [0.2, 0.25) is 4.34 Å². The van der Waals surface area contributed by atoms with Gasteiger partial charge in [0.05, 0.1) is 4.34 Å². The number of nitrogens with zero attached hydrogens (tertiary/aromatic N) is 3. The van der Waals surface area contributed by atoms with Crippen molar-refractivity contribution in [3.8, 4) is 5.69 Å². The second-order valence-corrected chi connectivity index (χ2v) is 5.87. The number of hydrogen-bond donors (Lipinski definition) is 1. The molecular formula is C13H10ClFN4S. The fraction of sp³-hybridized carbons (Fsp3) is 0.0769. The number of aromatic nitrogens is 3. The van der Waals surface area contributed by atoms with Crippen LogP contribution in [0.3, 0.4) is 0 Å². The predicted octanol–water partition coefficient (Wildman–Crippen LogP) is 3.73. The summed E-state index contributed by atoms with van der Waals surface area (Å²) in [5, 5.41) is 7.06. The van der Waals surface area contributed by atoms with Crippen LogP contribution < -0.4 is 5.32 Å². The molecule has 2 aromatic heterocycles. The molecule has 0 spiro atoms. The third-order valence-electron chi connectivity index (χ3n) is 2.71. The molecule has 0 radical (unpaired) electrons. The van der Waals surface area contributed by atoms with Crippen molar-refractivity contribution in [3.63, 3.8) is 0 Å². The van der Waals surface area contributed by atoms with Gasteiger partial charge in [-0.15, -0.1) is 11.3 Å². The average molecular weight is 309 g/mol. The van der Waals surface area contributed by atoms with Crippen molar-refractivity contribution in [1.82, 2.24) is 14.8 Å². The number of nitrogens with one attached hydrogen (secondary N) is 1. The number of rotatable bonds is 4. The summed E-state index contributed by atoms with van der Waals surface area (Å²) in [6, 6.07) is 8.69. The molecule has 0 bridgehead atoms. The molecule has 2 heterocycles. The summed E-state index contributed by atoms with van der Waals surface area (Å²) in [5.74, 6) is -0.357. The fourth-order valence-electron chi connectivity index (χ4n) is 1.77. The maximum absolute atomic E-state index is 14.0. The van der Waals surface area contributed by atoms with Crippen molar-refractivity contribution in [1.29, 1.82) is 0 Å². The van der Waals surface area contributed by atoms with Crippen LogP contribution in [-0.2, 0) is 6.54 Å². The van der Waals surface area contributed by atoms with Gasteiger partial charge in [-0.25, -0.2) is 14.1 Å². The summed E-state index contributed by atoms with van der Waals surface area (Å²) in [6.07, 6.45) is 2.82. The van der Waals surface area contributed by atoms with E-state index in [1.54, 1.807) is 12.1 Å². The van der Waals surface area contributed by atoms with Gasteiger partial charge in [-0.1, -0.05) is 11.6 Å². The Morgan fingerprint density at radius 1 is 1.30 bits per heavy atom. The molecular weight excluding hydrogens is 299 g/mol. The minimum absolute atomic E-state index is 0.357. The first-order valence-corrected chi connectivity index (χ1v) is 7.04. The van der Waals surface area contributed by atoms with Gasteiger partial charge in [0.2, 0.25) is 0 Å². The summed E-state index contributed by atoms with van der Waals surface area (Å²) < 4.78 is 16.1. The van der Waals surface area contributed by atoms with E-state index in [4.69, 9.17) is 11.6 Å². The molecule has 1 aromatic carbocycles. The number of halogens is 2. The van der Waals surface area contributed by atoms with Crippen LogP contribution in [0.25, 0.3) is 5.69 Å². The van der Waals surface area contributed by atoms with Gasteiger partial charge in [-0.2, -0.15) is 5.10 Å². The van der Waals surface area contributed by atoms with Crippen LogP contribution in [0.15, 0.2) is 43.0 Å². The summed E-state index contributed by atoms with van der Waals surface area (Å²) in [7, 11) is 0. The number of hydrogen-bond acceptors (Lipinski definition) is 4. The second-order valence-electron chi connectivity index (χ2n) is 4.07. The average Bonchev–Trinajstić information content (AvgIpc) is 3.08. The largest absolute Gasteiger partial charge is 0.380 e. The topological polar surface area (TPSA) is 42.7 Å². The lowest BCUT2D eigenvalue weighted by Gasteiger charge is -2.07. The predicted molar refractivity (Wildman–Crippen MR) is 78.0 cm³/mol. The number of benzene rings is 1. The molecule has 0 amide bonds. The molecule has 0 saturated heterocycles. The van der Waals surface area contributed by atoms with Crippen LogP contribution in [0.5, 0.6) is 0 Å². The molecule has 4 nitrogen and oxygen atoms in total. The van der Waals surface area contributed by atoms with Gasteiger partial charge < -0.3 is 5.32 Å². The third-order valence-corrected chi connectivity index (χ3v) is 3.94. The first kappa shape index (κ1) is 13.1. The van der Waals surface area contributed by atoms with E-state index < -0.39 is 0 Å². The summed E-state index contributed by atoms with van der Waals surface area (Å²) >= 11 is 7.36. The van der Waals surface area contributed by atoms with Gasteiger partial charge in [0.25, 0.3) is 0 Å². The van der Waals surface area contributed by atoms with Gasteiger partial charge >= 0.3 is 0 Å². The number of anilines is 1. The maximum Gasteiger partial charge on any atom is 0.150 e. The summed E-state index contributed by atoms with van der Waals surface area (Å²) in [6.45, 7) is 0.611. The highest BCUT2D eigenvalue weighted by Gasteiger charge is 2.06. The van der Waals surface area contributed by atoms with E-state index in [-0.39, 0.29) is 5.82 Å². The van der Waals surface area contributed by atoms with Crippen LogP contribution in [0.1, 0.15) is 4.88 Å². The van der Waals surface area contributed by atoms with Crippen LogP contribution in [-0.4, -0.2) is 14.8 Å². The molecule has 7 heteroatoms. The Balaban J connectivity index is 1.74. The first-order chi connectivity index (χ1) is 9.72. The third kappa shape index (κ3) is 2.81. The molecule has 1 N–H and O–H groups in total. The van der Waals surface area contributed by atoms with E-state index in [1.807, 2.05) is 12.1 Å². The Morgan fingerprint density at radius 2 is 2.20 bits per heavy atom. The van der Waals surface area contributed by atoms with Crippen molar-refractivity contribution < 1.29 is 4.39 Å². The lowest BCUT2D eigenvalue weighted by atomic mass is 10.2. The molecule has 102 valence electrons. The zero-order valence-electron chi connectivity index (χ0n) is 10.3. The van der Waals surface area contributed by atoms with E-state index >= 15 is 0 Å². The Bertz CT molecular complexity index is 711. The molecule has 3 aromatic rings. The minimum Gasteiger partial charge on any atom is -0.380 e. The summed E-state index contributed by atoms with van der Waals surface area (Å²) in [4.78, 5) is 4.89. The zero-order valence-corrected chi connectivity index (χ0v) is 11.8. The molecule has 0 aliphatic carbocycles. The quantitative estimate of drug-likeness (QED) is 0.798. The van der Waals surface area contributed by atoms with E-state index in [9.17, 15) is 4.39 Å². The van der Waals surface area contributed by atoms with Gasteiger partial charge in [-0.05, 0) is 30.3 Å². The van der Waals surface area contributed by atoms with E-state index in [1.165, 1.54) is 34.7 Å². The smallest absolute Gasteiger partial charge is 0.150 e. The van der Waals surface area contributed by atoms with E-state index in [0.29, 0.717) is 17.9 Å². The van der Waals surface area contributed by atoms with Crippen molar-refractivity contribution in [3.05, 3.63) is 58.0 Å². The molecule has 0 fully saturated rings. The lowest BCUT2D eigenvalue weighted by Crippen LogP contribution is -2.01. The molecule has 0 aliphatic rings. The van der Waals surface area contributed by atoms with Gasteiger partial charge in [-0.3, -0.25) is 0 Å². The fourth-order valence-corrected chi connectivity index (χ4v) is 2.80. The lowest BCUT2D eigenvalue weighted by molar-refractivity contribution is 0.611. The maximum atomic E-state index is 14.0. The highest BCUT2D eigenvalue weighted by atomic mass is 35.5. The standard InChI is InChI=1S/C13H10ClFN4S/c14-13-4-2-10(20-13)6-17-9-1-3-12(11(15)5-9)19-8-16-7-18-19/h1-5,7-8,17H,6H2. The zero-order chi connectivity index (χ0) is 13.9.